The van der Waals surface area contributed by atoms with Crippen molar-refractivity contribution >= 4 is 45.6 Å². The molecule has 2 N–H and O–H groups in total. The molecule has 0 aliphatic carbocycles. The Morgan fingerprint density at radius 1 is 1.09 bits per heavy atom. The molecule has 6 nitrogen and oxygen atoms in total. The molecule has 0 saturated carbocycles. The number of thiophene rings is 1. The summed E-state index contributed by atoms with van der Waals surface area (Å²) in [6, 6.07) is 22.4. The van der Waals surface area contributed by atoms with Crippen molar-refractivity contribution < 1.29 is 14.0 Å². The number of nitrogens with zero attached hydrogens (tertiary/aromatic N) is 1. The zero-order chi connectivity index (χ0) is 23.9. The van der Waals surface area contributed by atoms with Gasteiger partial charge in [-0.25, -0.2) is 0 Å². The van der Waals surface area contributed by atoms with Crippen molar-refractivity contribution in [1.82, 2.24) is 0 Å². The first-order chi connectivity index (χ1) is 16.6. The van der Waals surface area contributed by atoms with Gasteiger partial charge < -0.3 is 15.1 Å². The second kappa shape index (κ2) is 10.9. The molecule has 2 heterocycles. The van der Waals surface area contributed by atoms with Crippen LogP contribution in [0.2, 0.25) is 0 Å². The Morgan fingerprint density at radius 2 is 1.91 bits per heavy atom. The standard InChI is InChI=1S/C26H21N3O3S2/c1-2-23(34-19-11-6-10-18(14-19)28-24(30)22-12-7-13-32-22)25(31)29-26-20(15-27)21(16-33-26)17-8-4-3-5-9-17/h3-14,16,23H,2H2,1H3,(H,28,30)(H,29,31). The number of carbonyl (C=O) groups is 2. The summed E-state index contributed by atoms with van der Waals surface area (Å²) in [5, 5.41) is 17.5. The number of nitriles is 1. The van der Waals surface area contributed by atoms with E-state index in [1.54, 1.807) is 18.2 Å². The number of rotatable bonds is 8. The van der Waals surface area contributed by atoms with Crippen molar-refractivity contribution in [3.63, 3.8) is 0 Å². The van der Waals surface area contributed by atoms with E-state index in [1.165, 1.54) is 29.4 Å². The molecule has 2 amide bonds. The Kier molecular flexibility index (Phi) is 7.48. The summed E-state index contributed by atoms with van der Waals surface area (Å²) in [5.74, 6) is -0.286. The van der Waals surface area contributed by atoms with Gasteiger partial charge in [0.05, 0.1) is 17.1 Å². The van der Waals surface area contributed by atoms with Gasteiger partial charge in [0.1, 0.15) is 11.1 Å². The number of nitrogens with one attached hydrogen (secondary N) is 2. The first kappa shape index (κ1) is 23.4. The highest BCUT2D eigenvalue weighted by molar-refractivity contribution is 8.00. The molecule has 0 aliphatic heterocycles. The maximum Gasteiger partial charge on any atom is 0.291 e. The lowest BCUT2D eigenvalue weighted by Gasteiger charge is -2.15. The molecule has 0 fully saturated rings. The summed E-state index contributed by atoms with van der Waals surface area (Å²) < 4.78 is 5.12. The predicted octanol–water partition coefficient (Wildman–Crippen LogP) is 6.64. The van der Waals surface area contributed by atoms with Crippen LogP contribution >= 0.6 is 23.1 Å². The summed E-state index contributed by atoms with van der Waals surface area (Å²) in [6.45, 7) is 1.94. The second-order valence-electron chi connectivity index (χ2n) is 7.29. The van der Waals surface area contributed by atoms with E-state index in [9.17, 15) is 14.9 Å². The smallest absolute Gasteiger partial charge is 0.291 e. The van der Waals surface area contributed by atoms with Crippen LogP contribution in [0, 0.1) is 11.3 Å². The Balaban J connectivity index is 1.45. The topological polar surface area (TPSA) is 95.1 Å². The van der Waals surface area contributed by atoms with Crippen LogP contribution in [-0.4, -0.2) is 17.1 Å². The maximum absolute atomic E-state index is 13.1. The monoisotopic (exact) mass is 487 g/mol. The number of thioether (sulfide) groups is 1. The molecule has 8 heteroatoms. The molecule has 1 atom stereocenters. The molecule has 2 aromatic heterocycles. The number of amides is 2. The molecule has 34 heavy (non-hydrogen) atoms. The number of hydrogen-bond acceptors (Lipinski definition) is 6. The van der Waals surface area contributed by atoms with Crippen molar-refractivity contribution in [1.29, 1.82) is 5.26 Å². The van der Waals surface area contributed by atoms with Gasteiger partial charge in [-0.15, -0.1) is 23.1 Å². The van der Waals surface area contributed by atoms with Gasteiger partial charge in [-0.05, 0) is 42.3 Å². The third-order valence-electron chi connectivity index (χ3n) is 5.00. The number of furan rings is 1. The summed E-state index contributed by atoms with van der Waals surface area (Å²) in [4.78, 5) is 26.1. The fourth-order valence-corrected chi connectivity index (χ4v) is 5.25. The highest BCUT2D eigenvalue weighted by atomic mass is 32.2. The lowest BCUT2D eigenvalue weighted by atomic mass is 10.1. The van der Waals surface area contributed by atoms with E-state index in [4.69, 9.17) is 4.42 Å². The van der Waals surface area contributed by atoms with Crippen LogP contribution in [0.3, 0.4) is 0 Å². The Labute approximate surface area is 205 Å². The minimum atomic E-state index is -0.371. The van der Waals surface area contributed by atoms with E-state index >= 15 is 0 Å². The fraction of sp³-hybridized carbons (Fsp3) is 0.115. The lowest BCUT2D eigenvalue weighted by Crippen LogP contribution is -2.24. The normalized spacial score (nSPS) is 11.4. The van der Waals surface area contributed by atoms with E-state index in [0.717, 1.165) is 16.0 Å². The van der Waals surface area contributed by atoms with E-state index in [0.29, 0.717) is 22.7 Å². The molecular formula is C26H21N3O3S2. The Hall–Kier alpha value is -3.80. The number of carbonyl (C=O) groups excluding carboxylic acids is 2. The zero-order valence-corrected chi connectivity index (χ0v) is 19.9. The van der Waals surface area contributed by atoms with Crippen molar-refractivity contribution in [2.24, 2.45) is 0 Å². The number of anilines is 2. The van der Waals surface area contributed by atoms with Crippen LogP contribution in [-0.2, 0) is 4.79 Å². The molecule has 1 unspecified atom stereocenters. The third kappa shape index (κ3) is 5.39. The van der Waals surface area contributed by atoms with Crippen LogP contribution in [0.15, 0.2) is 87.7 Å². The molecule has 2 aromatic carbocycles. The quantitative estimate of drug-likeness (QED) is 0.272. The largest absolute Gasteiger partial charge is 0.459 e. The van der Waals surface area contributed by atoms with Gasteiger partial charge in [-0.3, -0.25) is 9.59 Å². The third-order valence-corrected chi connectivity index (χ3v) is 7.26. The van der Waals surface area contributed by atoms with Crippen molar-refractivity contribution in [2.45, 2.75) is 23.5 Å². The second-order valence-corrected chi connectivity index (χ2v) is 9.45. The zero-order valence-electron chi connectivity index (χ0n) is 18.3. The van der Waals surface area contributed by atoms with E-state index in [1.807, 2.05) is 60.8 Å². The van der Waals surface area contributed by atoms with Gasteiger partial charge in [0.15, 0.2) is 5.76 Å². The molecule has 0 spiro atoms. The summed E-state index contributed by atoms with van der Waals surface area (Å²) in [6.07, 6.45) is 2.04. The molecule has 0 radical (unpaired) electrons. The fourth-order valence-electron chi connectivity index (χ4n) is 3.32. The van der Waals surface area contributed by atoms with Gasteiger partial charge >= 0.3 is 0 Å². The minimum absolute atomic E-state index is 0.171. The first-order valence-corrected chi connectivity index (χ1v) is 12.3. The van der Waals surface area contributed by atoms with Crippen LogP contribution in [0.5, 0.6) is 0 Å². The van der Waals surface area contributed by atoms with Gasteiger partial charge in [0, 0.05) is 21.5 Å². The highest BCUT2D eigenvalue weighted by Gasteiger charge is 2.22. The number of benzene rings is 2. The Morgan fingerprint density at radius 3 is 2.62 bits per heavy atom. The van der Waals surface area contributed by atoms with Crippen molar-refractivity contribution in [2.75, 3.05) is 10.6 Å². The van der Waals surface area contributed by atoms with Crippen LogP contribution < -0.4 is 10.6 Å². The van der Waals surface area contributed by atoms with Crippen LogP contribution in [0.25, 0.3) is 11.1 Å². The van der Waals surface area contributed by atoms with E-state index in [-0.39, 0.29) is 22.8 Å². The molecule has 0 bridgehead atoms. The average Bonchev–Trinajstić information content (AvgIpc) is 3.53. The van der Waals surface area contributed by atoms with E-state index in [2.05, 4.69) is 16.7 Å². The molecule has 170 valence electrons. The average molecular weight is 488 g/mol. The van der Waals surface area contributed by atoms with Gasteiger partial charge in [0.25, 0.3) is 5.91 Å². The summed E-state index contributed by atoms with van der Waals surface area (Å²) >= 11 is 2.75. The SMILES string of the molecule is CCC(Sc1cccc(NC(=O)c2ccco2)c1)C(=O)Nc1scc(-c2ccccc2)c1C#N. The van der Waals surface area contributed by atoms with Crippen LogP contribution in [0.1, 0.15) is 29.5 Å². The van der Waals surface area contributed by atoms with Gasteiger partial charge in [0.2, 0.25) is 5.91 Å². The summed E-state index contributed by atoms with van der Waals surface area (Å²) in [5.41, 5.74) is 2.82. The highest BCUT2D eigenvalue weighted by Crippen LogP contribution is 2.36. The predicted molar refractivity (Wildman–Crippen MR) is 136 cm³/mol. The van der Waals surface area contributed by atoms with Crippen molar-refractivity contribution in [3.05, 3.63) is 89.7 Å². The lowest BCUT2D eigenvalue weighted by molar-refractivity contribution is -0.115. The van der Waals surface area contributed by atoms with Gasteiger partial charge in [-0.2, -0.15) is 5.26 Å². The Bertz CT molecular complexity index is 1330. The number of hydrogen-bond donors (Lipinski definition) is 2. The molecule has 4 rings (SSSR count). The van der Waals surface area contributed by atoms with E-state index < -0.39 is 0 Å². The molecule has 4 aromatic rings. The van der Waals surface area contributed by atoms with Gasteiger partial charge in [-0.1, -0.05) is 43.3 Å². The minimum Gasteiger partial charge on any atom is -0.459 e. The molecule has 0 aliphatic rings. The molecule has 0 saturated heterocycles. The maximum atomic E-state index is 13.1. The van der Waals surface area contributed by atoms with Crippen molar-refractivity contribution in [3.8, 4) is 17.2 Å². The summed E-state index contributed by atoms with van der Waals surface area (Å²) in [7, 11) is 0. The first-order valence-electron chi connectivity index (χ1n) is 10.6. The molecular weight excluding hydrogens is 466 g/mol. The van der Waals surface area contributed by atoms with Crippen LogP contribution in [0.4, 0.5) is 10.7 Å².